The Hall–Kier alpha value is -5.18. The number of ether oxygens (including phenoxy) is 5. The number of nitrogens with zero attached hydrogens (tertiary/aromatic N) is 4. The van der Waals surface area contributed by atoms with Crippen molar-refractivity contribution in [1.82, 2.24) is 9.34 Å². The van der Waals surface area contributed by atoms with Gasteiger partial charge in [0.1, 0.15) is 59.2 Å². The summed E-state index contributed by atoms with van der Waals surface area (Å²) in [4.78, 5) is 0. The highest BCUT2D eigenvalue weighted by Crippen LogP contribution is 2.65. The molecule has 4 aliphatic rings. The Morgan fingerprint density at radius 3 is 1.48 bits per heavy atom. The van der Waals surface area contributed by atoms with Crippen molar-refractivity contribution in [2.45, 2.75) is 51.0 Å². The minimum atomic E-state index is -3.39. The van der Waals surface area contributed by atoms with Crippen LogP contribution in [0.4, 0.5) is 11.4 Å². The maximum absolute atomic E-state index is 15.8. The molecule has 312 valence electrons. The Morgan fingerprint density at radius 1 is 0.600 bits per heavy atom. The second-order valence-corrected chi connectivity index (χ2v) is 20.7. The monoisotopic (exact) mass is 846 g/mol. The van der Waals surface area contributed by atoms with E-state index in [4.69, 9.17) is 23.7 Å². The lowest BCUT2D eigenvalue weighted by Gasteiger charge is -2.33. The van der Waals surface area contributed by atoms with E-state index in [0.717, 1.165) is 61.3 Å². The average molecular weight is 847 g/mol. The summed E-state index contributed by atoms with van der Waals surface area (Å²) in [5, 5.41) is 1.14. The lowest BCUT2D eigenvalue weighted by atomic mass is 10.1. The maximum atomic E-state index is 15.8. The molecule has 4 fully saturated rings. The molecule has 2 unspecified atom stereocenters. The summed E-state index contributed by atoms with van der Waals surface area (Å²) < 4.78 is 71.4. The zero-order valence-corrected chi connectivity index (χ0v) is 36.0. The zero-order chi connectivity index (χ0) is 41.3. The van der Waals surface area contributed by atoms with E-state index < -0.39 is 14.9 Å². The topological polar surface area (TPSA) is 93.2 Å². The van der Waals surface area contributed by atoms with Crippen LogP contribution >= 0.6 is 14.9 Å². The van der Waals surface area contributed by atoms with Crippen molar-refractivity contribution in [1.29, 1.82) is 0 Å². The van der Waals surface area contributed by atoms with Gasteiger partial charge in [0, 0.05) is 49.6 Å². The molecule has 0 saturated carbocycles. The average Bonchev–Trinajstić information content (AvgIpc) is 4.08. The number of para-hydroxylation sites is 2. The van der Waals surface area contributed by atoms with E-state index in [9.17, 15) is 0 Å². The standard InChI is InChI=1S/C47H52N4O7P2/c1-4-27-56-41-29-35(33-57-44-23-11-21-42(54-2)46(44)59(52)48-25-13-19-39(48)31-50(59)37-15-7-5-8-16-37)28-36(30-41)34-58-45-24-12-22-43(55-3)47(45)60(53)49-26-14-20-40(49)32-51(60)38-17-9-6-10-18-38/h4-12,15-18,21-24,28-30,39-40H,1,13-14,19-20,25-27,31-34H2,2-3H3/t39-,40-,59?,60?/m1/s1. The maximum Gasteiger partial charge on any atom is 0.276 e. The van der Waals surface area contributed by atoms with E-state index >= 15 is 9.13 Å². The van der Waals surface area contributed by atoms with Crippen molar-refractivity contribution in [2.24, 2.45) is 0 Å². The van der Waals surface area contributed by atoms with Gasteiger partial charge < -0.3 is 33.0 Å². The first kappa shape index (κ1) is 40.2. The molecule has 0 spiro atoms. The van der Waals surface area contributed by atoms with Gasteiger partial charge in [0.05, 0.1) is 14.2 Å². The third kappa shape index (κ3) is 7.15. The highest BCUT2D eigenvalue weighted by molar-refractivity contribution is 7.72. The van der Waals surface area contributed by atoms with Crippen molar-refractivity contribution in [3.63, 3.8) is 0 Å². The Kier molecular flexibility index (Phi) is 11.4. The molecule has 60 heavy (non-hydrogen) atoms. The summed E-state index contributed by atoms with van der Waals surface area (Å²) in [6.45, 7) is 7.29. The van der Waals surface area contributed by atoms with Crippen molar-refractivity contribution in [3.8, 4) is 28.7 Å². The van der Waals surface area contributed by atoms with Gasteiger partial charge in [0.25, 0.3) is 14.9 Å². The highest BCUT2D eigenvalue weighted by atomic mass is 31.2. The predicted molar refractivity (Wildman–Crippen MR) is 238 cm³/mol. The third-order valence-corrected chi connectivity index (χ3v) is 18.6. The molecule has 4 atom stereocenters. The summed E-state index contributed by atoms with van der Waals surface area (Å²) in [7, 11) is -3.54. The lowest BCUT2D eigenvalue weighted by Crippen LogP contribution is -2.29. The van der Waals surface area contributed by atoms with Gasteiger partial charge in [-0.3, -0.25) is 9.13 Å². The molecule has 0 N–H and O–H groups in total. The highest BCUT2D eigenvalue weighted by Gasteiger charge is 2.55. The molecule has 0 radical (unpaired) electrons. The van der Waals surface area contributed by atoms with E-state index in [2.05, 4.69) is 25.3 Å². The fourth-order valence-electron chi connectivity index (χ4n) is 9.44. The van der Waals surface area contributed by atoms with Crippen molar-refractivity contribution in [2.75, 3.05) is 56.3 Å². The number of benzene rings is 5. The Morgan fingerprint density at radius 2 is 1.05 bits per heavy atom. The van der Waals surface area contributed by atoms with E-state index in [1.165, 1.54) is 0 Å². The Balaban J connectivity index is 1.03. The van der Waals surface area contributed by atoms with Gasteiger partial charge in [-0.15, -0.1) is 0 Å². The van der Waals surface area contributed by atoms with Crippen LogP contribution in [0.1, 0.15) is 36.8 Å². The minimum absolute atomic E-state index is 0.162. The Bertz CT molecular complexity index is 2280. The molecule has 9 rings (SSSR count). The first-order chi connectivity index (χ1) is 29.4. The van der Waals surface area contributed by atoms with E-state index in [1.807, 2.05) is 115 Å². The van der Waals surface area contributed by atoms with Gasteiger partial charge in [-0.25, -0.2) is 9.34 Å². The van der Waals surface area contributed by atoms with Crippen molar-refractivity contribution >= 4 is 36.9 Å². The molecule has 0 aliphatic carbocycles. The number of methoxy groups -OCH3 is 2. The molecule has 11 nitrogen and oxygen atoms in total. The molecule has 13 heteroatoms. The van der Waals surface area contributed by atoms with E-state index in [1.54, 1.807) is 20.3 Å². The van der Waals surface area contributed by atoms with Crippen LogP contribution < -0.4 is 43.6 Å². The lowest BCUT2D eigenvalue weighted by molar-refractivity contribution is 0.297. The van der Waals surface area contributed by atoms with Gasteiger partial charge in [0.2, 0.25) is 0 Å². The molecule has 0 bridgehead atoms. The molecule has 0 amide bonds. The zero-order valence-electron chi connectivity index (χ0n) is 34.2. The quantitative estimate of drug-likeness (QED) is 0.0747. The Labute approximate surface area is 353 Å². The second-order valence-electron chi connectivity index (χ2n) is 15.6. The first-order valence-electron chi connectivity index (χ1n) is 20.7. The SMILES string of the molecule is C=CCOc1cc(COc2cccc(OC)c2P2(=O)N(c3ccccc3)C[C@H]3CCCN32)cc(COc2cccc(OC)c2P2(=O)N(c3ccccc3)C[C@H]3CCCN32)c1. The second kappa shape index (κ2) is 17.1. The van der Waals surface area contributed by atoms with E-state index in [0.29, 0.717) is 59.1 Å². The molecule has 5 aromatic carbocycles. The largest absolute Gasteiger partial charge is 0.496 e. The third-order valence-electron chi connectivity index (χ3n) is 12.0. The molecule has 4 saturated heterocycles. The normalized spacial score (nSPS) is 23.6. The number of anilines is 2. The van der Waals surface area contributed by atoms with Crippen molar-refractivity contribution < 1.29 is 32.8 Å². The number of hydrogen-bond donors (Lipinski definition) is 0. The van der Waals surface area contributed by atoms with Crippen LogP contribution in [0, 0.1) is 0 Å². The van der Waals surface area contributed by atoms with Gasteiger partial charge in [-0.05, 0) is 104 Å². The van der Waals surface area contributed by atoms with Crippen LogP contribution in [0.15, 0.2) is 128 Å². The van der Waals surface area contributed by atoms with Crippen LogP contribution in [-0.4, -0.2) is 68.4 Å². The molecule has 0 aromatic heterocycles. The summed E-state index contributed by atoms with van der Waals surface area (Å²) in [6.07, 6.45) is 5.66. The first-order valence-corrected chi connectivity index (χ1v) is 24.0. The molecular weight excluding hydrogens is 794 g/mol. The number of hydrogen-bond acceptors (Lipinski definition) is 7. The van der Waals surface area contributed by atoms with Crippen molar-refractivity contribution in [3.05, 3.63) is 139 Å². The van der Waals surface area contributed by atoms with Crippen LogP contribution in [0.2, 0.25) is 0 Å². The van der Waals surface area contributed by atoms with Gasteiger partial charge in [-0.1, -0.05) is 61.2 Å². The van der Waals surface area contributed by atoms with Crippen LogP contribution in [0.5, 0.6) is 28.7 Å². The summed E-state index contributed by atoms with van der Waals surface area (Å²) >= 11 is 0. The fourth-order valence-corrected chi connectivity index (χ4v) is 16.6. The summed E-state index contributed by atoms with van der Waals surface area (Å²) in [5.41, 5.74) is 3.48. The molecule has 5 aromatic rings. The molecule has 4 heterocycles. The van der Waals surface area contributed by atoms with E-state index in [-0.39, 0.29) is 25.3 Å². The van der Waals surface area contributed by atoms with Crippen LogP contribution in [0.25, 0.3) is 0 Å². The molecule has 4 aliphatic heterocycles. The van der Waals surface area contributed by atoms with Crippen LogP contribution in [0.3, 0.4) is 0 Å². The van der Waals surface area contributed by atoms with Gasteiger partial charge >= 0.3 is 0 Å². The van der Waals surface area contributed by atoms with Crippen LogP contribution in [-0.2, 0) is 22.3 Å². The fraction of sp³-hybridized carbons (Fsp3) is 0.319. The summed E-state index contributed by atoms with van der Waals surface area (Å²) in [6, 6.07) is 37.5. The smallest absolute Gasteiger partial charge is 0.276 e. The predicted octanol–water partition coefficient (Wildman–Crippen LogP) is 9.03. The summed E-state index contributed by atoms with van der Waals surface area (Å²) in [5.74, 6) is 2.70. The van der Waals surface area contributed by atoms with Gasteiger partial charge in [-0.2, -0.15) is 0 Å². The number of rotatable bonds is 15. The molecular formula is C47H52N4O7P2. The minimum Gasteiger partial charge on any atom is -0.496 e. The van der Waals surface area contributed by atoms with Gasteiger partial charge in [0.15, 0.2) is 0 Å². The number of fused-ring (bicyclic) bond motifs is 2.